The van der Waals surface area contributed by atoms with Crippen LogP contribution in [-0.4, -0.2) is 41.0 Å². The average Bonchev–Trinajstić information content (AvgIpc) is 2.60. The number of hydrogen-bond donors (Lipinski definition) is 1. The van der Waals surface area contributed by atoms with E-state index in [1.807, 2.05) is 11.8 Å². The van der Waals surface area contributed by atoms with E-state index in [0.717, 1.165) is 6.54 Å². The van der Waals surface area contributed by atoms with Crippen LogP contribution in [0.3, 0.4) is 0 Å². The van der Waals surface area contributed by atoms with Crippen molar-refractivity contribution in [2.24, 2.45) is 0 Å². The minimum Gasteiger partial charge on any atom is -0.436 e. The molecule has 1 amide bonds. The Labute approximate surface area is 101 Å². The predicted molar refractivity (Wildman–Crippen MR) is 63.9 cm³/mol. The first-order valence-electron chi connectivity index (χ1n) is 5.97. The Bertz CT molecular complexity index is 427. The van der Waals surface area contributed by atoms with Crippen LogP contribution in [0.2, 0.25) is 0 Å². The van der Waals surface area contributed by atoms with E-state index in [4.69, 9.17) is 4.42 Å². The number of nitrogens with zero attached hydrogens (tertiary/aromatic N) is 2. The van der Waals surface area contributed by atoms with Crippen molar-refractivity contribution in [3.05, 3.63) is 17.3 Å². The highest BCUT2D eigenvalue weighted by Crippen LogP contribution is 2.16. The van der Waals surface area contributed by atoms with Crippen LogP contribution in [0.1, 0.15) is 36.0 Å². The van der Waals surface area contributed by atoms with E-state index < -0.39 is 0 Å². The first-order valence-corrected chi connectivity index (χ1v) is 5.97. The Balaban J connectivity index is 2.21. The maximum atomic E-state index is 12.4. The van der Waals surface area contributed by atoms with Crippen LogP contribution in [0.5, 0.6) is 0 Å². The summed E-state index contributed by atoms with van der Waals surface area (Å²) in [5, 5.41) is 3.35. The quantitative estimate of drug-likeness (QED) is 0.795. The van der Waals surface area contributed by atoms with E-state index in [1.165, 1.54) is 0 Å². The van der Waals surface area contributed by atoms with Gasteiger partial charge in [-0.05, 0) is 20.8 Å². The lowest BCUT2D eigenvalue weighted by Gasteiger charge is -2.37. The van der Waals surface area contributed by atoms with Gasteiger partial charge in [-0.3, -0.25) is 4.79 Å². The molecule has 0 bridgehead atoms. The molecule has 0 radical (unpaired) electrons. The Morgan fingerprint density at radius 1 is 1.47 bits per heavy atom. The Hall–Kier alpha value is -1.36. The number of hydrogen-bond acceptors (Lipinski definition) is 4. The highest BCUT2D eigenvalue weighted by atomic mass is 16.4. The van der Waals surface area contributed by atoms with Crippen molar-refractivity contribution < 1.29 is 9.21 Å². The van der Waals surface area contributed by atoms with Gasteiger partial charge in [0.05, 0.1) is 5.69 Å². The summed E-state index contributed by atoms with van der Waals surface area (Å²) in [6, 6.07) is 0.503. The summed E-state index contributed by atoms with van der Waals surface area (Å²) in [5.41, 5.74) is 0.672. The van der Waals surface area contributed by atoms with Gasteiger partial charge in [-0.15, -0.1) is 0 Å². The van der Waals surface area contributed by atoms with Crippen LogP contribution < -0.4 is 5.32 Å². The van der Waals surface area contributed by atoms with Gasteiger partial charge in [0.1, 0.15) is 0 Å². The maximum Gasteiger partial charge on any atom is 0.291 e. The monoisotopic (exact) mass is 237 g/mol. The summed E-state index contributed by atoms with van der Waals surface area (Å²) in [5.74, 6) is 0.870. The molecular weight excluding hydrogens is 218 g/mol. The minimum atomic E-state index is -0.0519. The smallest absolute Gasteiger partial charge is 0.291 e. The molecular formula is C12H19N3O2. The first kappa shape index (κ1) is 12.1. The molecule has 1 aliphatic heterocycles. The predicted octanol–water partition coefficient (Wildman–Crippen LogP) is 1.11. The van der Waals surface area contributed by atoms with Crippen molar-refractivity contribution in [1.29, 1.82) is 0 Å². The number of nitrogens with one attached hydrogen (secondary N) is 1. The number of aryl methyl sites for hydroxylation is 2. The summed E-state index contributed by atoms with van der Waals surface area (Å²) < 4.78 is 5.39. The van der Waals surface area contributed by atoms with Gasteiger partial charge in [0.25, 0.3) is 5.91 Å². The van der Waals surface area contributed by atoms with Crippen molar-refractivity contribution >= 4 is 5.91 Å². The van der Waals surface area contributed by atoms with E-state index >= 15 is 0 Å². The number of carbonyl (C=O) groups is 1. The van der Waals surface area contributed by atoms with Crippen molar-refractivity contribution in [2.45, 2.75) is 39.8 Å². The summed E-state index contributed by atoms with van der Waals surface area (Å²) >= 11 is 0. The molecule has 17 heavy (non-hydrogen) atoms. The standard InChI is InChI=1S/C12H19N3O2/c1-7-6-15(8(2)5-13-7)12(16)11-9(3)14-10(4)17-11/h7-8,13H,5-6H2,1-4H3. The second-order valence-electron chi connectivity index (χ2n) is 4.76. The van der Waals surface area contributed by atoms with Gasteiger partial charge in [0, 0.05) is 32.1 Å². The molecule has 1 aromatic heterocycles. The molecule has 1 fully saturated rings. The minimum absolute atomic E-state index is 0.0519. The molecule has 94 valence electrons. The third-order valence-corrected chi connectivity index (χ3v) is 3.12. The highest BCUT2D eigenvalue weighted by molar-refractivity contribution is 5.92. The van der Waals surface area contributed by atoms with Crippen LogP contribution in [-0.2, 0) is 0 Å². The van der Waals surface area contributed by atoms with Gasteiger partial charge in [0.2, 0.25) is 5.76 Å². The summed E-state index contributed by atoms with van der Waals surface area (Å²) in [6.07, 6.45) is 0. The van der Waals surface area contributed by atoms with Crippen LogP contribution in [0.15, 0.2) is 4.42 Å². The SMILES string of the molecule is Cc1nc(C)c(C(=O)N2CC(C)NCC2C)o1. The van der Waals surface area contributed by atoms with E-state index in [9.17, 15) is 4.79 Å². The maximum absolute atomic E-state index is 12.4. The van der Waals surface area contributed by atoms with Crippen molar-refractivity contribution in [2.75, 3.05) is 13.1 Å². The van der Waals surface area contributed by atoms with Gasteiger partial charge in [-0.1, -0.05) is 0 Å². The van der Waals surface area contributed by atoms with Crippen molar-refractivity contribution in [1.82, 2.24) is 15.2 Å². The largest absolute Gasteiger partial charge is 0.436 e. The third kappa shape index (κ3) is 2.34. The molecule has 5 heteroatoms. The van der Waals surface area contributed by atoms with Gasteiger partial charge < -0.3 is 14.6 Å². The van der Waals surface area contributed by atoms with Gasteiger partial charge in [0.15, 0.2) is 5.89 Å². The van der Waals surface area contributed by atoms with E-state index in [0.29, 0.717) is 29.9 Å². The number of aromatic nitrogens is 1. The Kier molecular flexibility index (Phi) is 3.19. The van der Waals surface area contributed by atoms with Gasteiger partial charge >= 0.3 is 0 Å². The summed E-state index contributed by atoms with van der Waals surface area (Å²) in [4.78, 5) is 18.4. The number of amides is 1. The number of rotatable bonds is 1. The Morgan fingerprint density at radius 3 is 2.76 bits per heavy atom. The molecule has 2 unspecified atom stereocenters. The second kappa shape index (κ2) is 4.49. The lowest BCUT2D eigenvalue weighted by molar-refractivity contribution is 0.0581. The van der Waals surface area contributed by atoms with Gasteiger partial charge in [-0.2, -0.15) is 0 Å². The second-order valence-corrected chi connectivity index (χ2v) is 4.76. The number of oxazole rings is 1. The van der Waals surface area contributed by atoms with E-state index in [-0.39, 0.29) is 11.9 Å². The summed E-state index contributed by atoms with van der Waals surface area (Å²) in [6.45, 7) is 9.20. The van der Waals surface area contributed by atoms with E-state index in [1.54, 1.807) is 13.8 Å². The fourth-order valence-corrected chi connectivity index (χ4v) is 2.16. The zero-order chi connectivity index (χ0) is 12.6. The molecule has 2 rings (SSSR count). The molecule has 2 atom stereocenters. The molecule has 0 aromatic carbocycles. The number of piperazine rings is 1. The van der Waals surface area contributed by atoms with Crippen LogP contribution >= 0.6 is 0 Å². The normalized spacial score (nSPS) is 25.1. The fourth-order valence-electron chi connectivity index (χ4n) is 2.16. The molecule has 1 aliphatic rings. The van der Waals surface area contributed by atoms with Crippen LogP contribution in [0, 0.1) is 13.8 Å². The highest BCUT2D eigenvalue weighted by Gasteiger charge is 2.30. The molecule has 0 aliphatic carbocycles. The molecule has 5 nitrogen and oxygen atoms in total. The lowest BCUT2D eigenvalue weighted by Crippen LogP contribution is -2.56. The molecule has 1 aromatic rings. The van der Waals surface area contributed by atoms with Crippen molar-refractivity contribution in [3.8, 4) is 0 Å². The van der Waals surface area contributed by atoms with Crippen molar-refractivity contribution in [3.63, 3.8) is 0 Å². The summed E-state index contributed by atoms with van der Waals surface area (Å²) in [7, 11) is 0. The molecule has 2 heterocycles. The zero-order valence-corrected chi connectivity index (χ0v) is 10.8. The van der Waals surface area contributed by atoms with Gasteiger partial charge in [-0.25, -0.2) is 4.98 Å². The number of carbonyl (C=O) groups excluding carboxylic acids is 1. The Morgan fingerprint density at radius 2 is 2.18 bits per heavy atom. The first-order chi connectivity index (χ1) is 7.99. The lowest BCUT2D eigenvalue weighted by atomic mass is 10.1. The molecule has 1 saturated heterocycles. The molecule has 1 N–H and O–H groups in total. The van der Waals surface area contributed by atoms with Crippen LogP contribution in [0.25, 0.3) is 0 Å². The molecule has 0 spiro atoms. The third-order valence-electron chi connectivity index (χ3n) is 3.12. The van der Waals surface area contributed by atoms with E-state index in [2.05, 4.69) is 17.2 Å². The average molecular weight is 237 g/mol. The molecule has 0 saturated carbocycles. The van der Waals surface area contributed by atoms with Crippen LogP contribution in [0.4, 0.5) is 0 Å². The zero-order valence-electron chi connectivity index (χ0n) is 10.8. The topological polar surface area (TPSA) is 58.4 Å². The fraction of sp³-hybridized carbons (Fsp3) is 0.667.